The molecule has 0 aliphatic heterocycles. The normalized spacial score (nSPS) is 12.9. The molecule has 0 aromatic heterocycles. The van der Waals surface area contributed by atoms with E-state index in [0.29, 0.717) is 5.56 Å². The van der Waals surface area contributed by atoms with Crippen molar-refractivity contribution in [2.45, 2.75) is 30.8 Å². The van der Waals surface area contributed by atoms with Crippen molar-refractivity contribution in [3.63, 3.8) is 0 Å². The van der Waals surface area contributed by atoms with Crippen LogP contribution in [0.1, 0.15) is 24.1 Å². The van der Waals surface area contributed by atoms with Crippen molar-refractivity contribution in [1.29, 1.82) is 0 Å². The lowest BCUT2D eigenvalue weighted by atomic mass is 10.1. The number of carbonyl (C=O) groups is 1. The molecule has 28 heavy (non-hydrogen) atoms. The van der Waals surface area contributed by atoms with Crippen molar-refractivity contribution in [1.82, 2.24) is 10.6 Å². The summed E-state index contributed by atoms with van der Waals surface area (Å²) in [4.78, 5) is 12.2. The van der Waals surface area contributed by atoms with E-state index in [9.17, 15) is 26.4 Å². The number of halogens is 3. The number of nitrogens with one attached hydrogen (secondary N) is 2. The lowest BCUT2D eigenvalue weighted by Crippen LogP contribution is -2.36. The van der Waals surface area contributed by atoms with Gasteiger partial charge in [0.2, 0.25) is 0 Å². The summed E-state index contributed by atoms with van der Waals surface area (Å²) in [5, 5.41) is 5.10. The van der Waals surface area contributed by atoms with Crippen LogP contribution in [0.25, 0.3) is 0 Å². The third-order valence-corrected chi connectivity index (χ3v) is 4.92. The van der Waals surface area contributed by atoms with Gasteiger partial charge in [-0.1, -0.05) is 30.3 Å². The van der Waals surface area contributed by atoms with E-state index in [2.05, 4.69) is 15.4 Å². The predicted octanol–water partition coefficient (Wildman–Crippen LogP) is 3.55. The molecule has 0 fully saturated rings. The molecular formula is C18H19F3N2O4S. The standard InChI is InChI=1S/C18H19F3N2O4S/c1-12(13-7-9-15(10-8-13)28(2,25)26)23-17(24)22-11-14-5-3-4-6-16(14)27-18(19,20)21/h3-10,12H,11H2,1-2H3,(H2,22,23,24). The molecule has 0 aliphatic rings. The van der Waals surface area contributed by atoms with Crippen LogP contribution in [-0.2, 0) is 16.4 Å². The molecule has 0 saturated heterocycles. The van der Waals surface area contributed by atoms with Crippen LogP contribution in [0, 0.1) is 0 Å². The van der Waals surface area contributed by atoms with Crippen LogP contribution >= 0.6 is 0 Å². The summed E-state index contributed by atoms with van der Waals surface area (Å²) < 4.78 is 64.1. The Hall–Kier alpha value is -2.75. The van der Waals surface area contributed by atoms with E-state index in [-0.39, 0.29) is 22.8 Å². The summed E-state index contributed by atoms with van der Waals surface area (Å²) in [6, 6.07) is 10.5. The van der Waals surface area contributed by atoms with Gasteiger partial charge in [0, 0.05) is 18.4 Å². The van der Waals surface area contributed by atoms with Gasteiger partial charge in [0.15, 0.2) is 9.84 Å². The number of sulfone groups is 1. The minimum atomic E-state index is -4.83. The monoisotopic (exact) mass is 416 g/mol. The zero-order valence-electron chi connectivity index (χ0n) is 15.1. The lowest BCUT2D eigenvalue weighted by molar-refractivity contribution is -0.274. The molecular weight excluding hydrogens is 397 g/mol. The van der Waals surface area contributed by atoms with Crippen molar-refractivity contribution < 1.29 is 31.1 Å². The van der Waals surface area contributed by atoms with Crippen molar-refractivity contribution in [2.75, 3.05) is 6.26 Å². The first kappa shape index (κ1) is 21.5. The third-order valence-electron chi connectivity index (χ3n) is 3.79. The van der Waals surface area contributed by atoms with Crippen LogP contribution in [-0.4, -0.2) is 27.1 Å². The Balaban J connectivity index is 1.96. The third kappa shape index (κ3) is 6.45. The van der Waals surface area contributed by atoms with Crippen LogP contribution in [0.3, 0.4) is 0 Å². The van der Waals surface area contributed by atoms with Gasteiger partial charge in [-0.2, -0.15) is 0 Å². The van der Waals surface area contributed by atoms with Crippen molar-refractivity contribution >= 4 is 15.9 Å². The number of amides is 2. The fraction of sp³-hybridized carbons (Fsp3) is 0.278. The molecule has 10 heteroatoms. The molecule has 2 rings (SSSR count). The van der Waals surface area contributed by atoms with Gasteiger partial charge in [-0.05, 0) is 30.7 Å². The molecule has 1 unspecified atom stereocenters. The molecule has 2 N–H and O–H groups in total. The second-order valence-corrected chi connectivity index (χ2v) is 8.06. The molecule has 0 aliphatic carbocycles. The topological polar surface area (TPSA) is 84.5 Å². The first-order valence-corrected chi connectivity index (χ1v) is 10.0. The van der Waals surface area contributed by atoms with Crippen LogP contribution in [0.2, 0.25) is 0 Å². The van der Waals surface area contributed by atoms with Crippen molar-refractivity contribution in [3.8, 4) is 5.75 Å². The largest absolute Gasteiger partial charge is 0.573 e. The van der Waals surface area contributed by atoms with Gasteiger partial charge < -0.3 is 15.4 Å². The highest BCUT2D eigenvalue weighted by Gasteiger charge is 2.32. The van der Waals surface area contributed by atoms with Crippen LogP contribution in [0.4, 0.5) is 18.0 Å². The van der Waals surface area contributed by atoms with Gasteiger partial charge in [-0.15, -0.1) is 13.2 Å². The second-order valence-electron chi connectivity index (χ2n) is 6.05. The quantitative estimate of drug-likeness (QED) is 0.754. The molecule has 2 aromatic rings. The van der Waals surface area contributed by atoms with Crippen LogP contribution in [0.15, 0.2) is 53.4 Å². The minimum absolute atomic E-state index is 0.161. The maximum absolute atomic E-state index is 12.4. The second kappa shape index (κ2) is 8.51. The van der Waals surface area contributed by atoms with E-state index >= 15 is 0 Å². The molecule has 0 saturated carbocycles. The number of alkyl halides is 3. The average Bonchev–Trinajstić information content (AvgIpc) is 2.59. The van der Waals surface area contributed by atoms with Gasteiger partial charge in [0.25, 0.3) is 0 Å². The zero-order chi connectivity index (χ0) is 20.9. The highest BCUT2D eigenvalue weighted by atomic mass is 32.2. The zero-order valence-corrected chi connectivity index (χ0v) is 15.9. The molecule has 0 heterocycles. The summed E-state index contributed by atoms with van der Waals surface area (Å²) in [5.74, 6) is -0.389. The van der Waals surface area contributed by atoms with E-state index in [1.165, 1.54) is 30.3 Å². The molecule has 0 radical (unpaired) electrons. The molecule has 1 atom stereocenters. The van der Waals surface area contributed by atoms with E-state index in [1.807, 2.05) is 0 Å². The SMILES string of the molecule is CC(NC(=O)NCc1ccccc1OC(F)(F)F)c1ccc(S(C)(=O)=O)cc1. The molecule has 152 valence electrons. The summed E-state index contributed by atoms with van der Waals surface area (Å²) in [7, 11) is -3.32. The minimum Gasteiger partial charge on any atom is -0.405 e. The maximum Gasteiger partial charge on any atom is 0.573 e. The highest BCUT2D eigenvalue weighted by molar-refractivity contribution is 7.90. The van der Waals surface area contributed by atoms with Gasteiger partial charge in [-0.25, -0.2) is 13.2 Å². The Morgan fingerprint density at radius 1 is 1.11 bits per heavy atom. The van der Waals surface area contributed by atoms with E-state index in [0.717, 1.165) is 12.3 Å². The Labute approximate surface area is 160 Å². The fourth-order valence-electron chi connectivity index (χ4n) is 2.38. The van der Waals surface area contributed by atoms with Gasteiger partial charge in [-0.3, -0.25) is 0 Å². The van der Waals surface area contributed by atoms with E-state index < -0.39 is 28.3 Å². The Kier molecular flexibility index (Phi) is 6.55. The fourth-order valence-corrected chi connectivity index (χ4v) is 3.01. The Morgan fingerprint density at radius 3 is 2.29 bits per heavy atom. The van der Waals surface area contributed by atoms with Gasteiger partial charge in [0.1, 0.15) is 5.75 Å². The smallest absolute Gasteiger partial charge is 0.405 e. The first-order valence-electron chi connectivity index (χ1n) is 8.14. The summed E-state index contributed by atoms with van der Waals surface area (Å²) in [6.45, 7) is 1.52. The lowest BCUT2D eigenvalue weighted by Gasteiger charge is -2.17. The molecule has 0 spiro atoms. The van der Waals surface area contributed by atoms with Gasteiger partial charge >= 0.3 is 12.4 Å². The van der Waals surface area contributed by atoms with E-state index in [4.69, 9.17) is 0 Å². The molecule has 6 nitrogen and oxygen atoms in total. The first-order chi connectivity index (χ1) is 13.0. The molecule has 2 aromatic carbocycles. The maximum atomic E-state index is 12.4. The van der Waals surface area contributed by atoms with Crippen LogP contribution in [0.5, 0.6) is 5.75 Å². The predicted molar refractivity (Wildman–Crippen MR) is 96.5 cm³/mol. The number of hydrogen-bond donors (Lipinski definition) is 2. The summed E-state index contributed by atoms with van der Waals surface area (Å²) >= 11 is 0. The Bertz CT molecular complexity index is 929. The Morgan fingerprint density at radius 2 is 1.71 bits per heavy atom. The number of ether oxygens (including phenoxy) is 1. The number of para-hydroxylation sites is 1. The number of rotatable bonds is 6. The summed E-state index contributed by atoms with van der Waals surface area (Å²) in [5.41, 5.74) is 0.837. The molecule has 0 bridgehead atoms. The highest BCUT2D eigenvalue weighted by Crippen LogP contribution is 2.26. The number of benzene rings is 2. The van der Waals surface area contributed by atoms with Gasteiger partial charge in [0.05, 0.1) is 10.9 Å². The van der Waals surface area contributed by atoms with Crippen LogP contribution < -0.4 is 15.4 Å². The van der Waals surface area contributed by atoms with E-state index in [1.54, 1.807) is 19.1 Å². The number of urea groups is 1. The number of carbonyl (C=O) groups excluding carboxylic acids is 1. The van der Waals surface area contributed by atoms with Crippen molar-refractivity contribution in [3.05, 3.63) is 59.7 Å². The molecule has 2 amide bonds. The average molecular weight is 416 g/mol. The summed E-state index contributed by atoms with van der Waals surface area (Å²) in [6.07, 6.45) is -3.73. The number of hydrogen-bond acceptors (Lipinski definition) is 4. The van der Waals surface area contributed by atoms with Crippen molar-refractivity contribution in [2.24, 2.45) is 0 Å².